The highest BCUT2D eigenvalue weighted by atomic mass is 79.9. The van der Waals surface area contributed by atoms with Crippen LogP contribution in [0.4, 0.5) is 5.69 Å². The Morgan fingerprint density at radius 2 is 2.10 bits per heavy atom. The van der Waals surface area contributed by atoms with Crippen LogP contribution in [0.5, 0.6) is 0 Å². The summed E-state index contributed by atoms with van der Waals surface area (Å²) in [5.41, 5.74) is 2.30. The summed E-state index contributed by atoms with van der Waals surface area (Å²) in [7, 11) is 0. The van der Waals surface area contributed by atoms with Gasteiger partial charge in [0.2, 0.25) is 11.8 Å². The predicted molar refractivity (Wildman–Crippen MR) is 87.4 cm³/mol. The fourth-order valence-electron chi connectivity index (χ4n) is 2.59. The summed E-state index contributed by atoms with van der Waals surface area (Å²) in [6.07, 6.45) is 4.28. The van der Waals surface area contributed by atoms with Crippen molar-refractivity contribution in [1.82, 2.24) is 5.32 Å². The van der Waals surface area contributed by atoms with E-state index in [1.54, 1.807) is 0 Å². The van der Waals surface area contributed by atoms with Gasteiger partial charge in [0, 0.05) is 36.6 Å². The van der Waals surface area contributed by atoms with Crippen molar-refractivity contribution in [1.29, 1.82) is 0 Å². The Labute approximate surface area is 134 Å². The number of fused-ring (bicyclic) bond motifs is 1. The van der Waals surface area contributed by atoms with Gasteiger partial charge in [-0.25, -0.2) is 0 Å². The van der Waals surface area contributed by atoms with Crippen molar-refractivity contribution in [2.45, 2.75) is 39.0 Å². The average Bonchev–Trinajstić information content (AvgIpc) is 2.85. The Hall–Kier alpha value is -1.36. The summed E-state index contributed by atoms with van der Waals surface area (Å²) < 4.78 is 1.01. The summed E-state index contributed by atoms with van der Waals surface area (Å²) in [5, 5.41) is 2.77. The van der Waals surface area contributed by atoms with Gasteiger partial charge in [0.1, 0.15) is 0 Å². The predicted octanol–water partition coefficient (Wildman–Crippen LogP) is 3.03. The van der Waals surface area contributed by atoms with Gasteiger partial charge in [-0.3, -0.25) is 9.59 Å². The first-order valence-electron chi connectivity index (χ1n) is 7.41. The zero-order valence-corrected chi connectivity index (χ0v) is 13.9. The molecule has 1 heterocycles. The molecule has 1 aliphatic heterocycles. The number of unbranched alkanes of at least 4 members (excludes halogenated alkanes) is 2. The minimum Gasteiger partial charge on any atom is -0.356 e. The van der Waals surface area contributed by atoms with Crippen LogP contribution < -0.4 is 10.2 Å². The number of nitrogens with one attached hydrogen (secondary N) is 1. The van der Waals surface area contributed by atoms with Crippen LogP contribution in [0, 0.1) is 0 Å². The number of nitrogens with zero attached hydrogens (tertiary/aromatic N) is 1. The zero-order valence-electron chi connectivity index (χ0n) is 12.3. The monoisotopic (exact) mass is 352 g/mol. The van der Waals surface area contributed by atoms with Gasteiger partial charge in [-0.1, -0.05) is 28.4 Å². The first-order valence-corrected chi connectivity index (χ1v) is 8.20. The summed E-state index contributed by atoms with van der Waals surface area (Å²) in [4.78, 5) is 24.9. The molecule has 0 saturated heterocycles. The number of hydrogen-bond donors (Lipinski definition) is 1. The molecule has 0 atom stereocenters. The van der Waals surface area contributed by atoms with Crippen molar-refractivity contribution in [3.63, 3.8) is 0 Å². The highest BCUT2D eigenvalue weighted by Gasteiger charge is 2.24. The third kappa shape index (κ3) is 4.56. The van der Waals surface area contributed by atoms with Crippen LogP contribution in [0.3, 0.4) is 0 Å². The molecule has 4 nitrogen and oxygen atoms in total. The molecule has 0 fully saturated rings. The molecule has 1 aromatic rings. The Morgan fingerprint density at radius 1 is 1.29 bits per heavy atom. The van der Waals surface area contributed by atoms with E-state index in [4.69, 9.17) is 0 Å². The lowest BCUT2D eigenvalue weighted by atomic mass is 10.1. The molecule has 0 aromatic heterocycles. The number of hydrogen-bond acceptors (Lipinski definition) is 2. The Balaban J connectivity index is 1.75. The van der Waals surface area contributed by atoms with Crippen LogP contribution in [-0.2, 0) is 16.0 Å². The second kappa shape index (κ2) is 7.59. The lowest BCUT2D eigenvalue weighted by Crippen LogP contribution is -2.28. The third-order valence-electron chi connectivity index (χ3n) is 3.69. The molecule has 114 valence electrons. The molecule has 0 aliphatic carbocycles. The van der Waals surface area contributed by atoms with Gasteiger partial charge >= 0.3 is 0 Å². The van der Waals surface area contributed by atoms with Gasteiger partial charge in [0.15, 0.2) is 0 Å². The summed E-state index contributed by atoms with van der Waals surface area (Å²) >= 11 is 3.46. The number of amides is 2. The zero-order chi connectivity index (χ0) is 15.2. The molecule has 0 spiro atoms. The van der Waals surface area contributed by atoms with E-state index in [0.717, 1.165) is 42.4 Å². The topological polar surface area (TPSA) is 49.4 Å². The maximum absolute atomic E-state index is 12.3. The quantitative estimate of drug-likeness (QED) is 0.800. The average molecular weight is 353 g/mol. The Morgan fingerprint density at radius 3 is 2.86 bits per heavy atom. The fraction of sp³-hybridized carbons (Fsp3) is 0.500. The van der Waals surface area contributed by atoms with Crippen LogP contribution >= 0.6 is 15.9 Å². The van der Waals surface area contributed by atoms with E-state index < -0.39 is 0 Å². The molecule has 1 aromatic carbocycles. The molecule has 21 heavy (non-hydrogen) atoms. The van der Waals surface area contributed by atoms with E-state index >= 15 is 0 Å². The summed E-state index contributed by atoms with van der Waals surface area (Å²) in [5.74, 6) is 0.205. The minimum atomic E-state index is 0.00493. The van der Waals surface area contributed by atoms with Gasteiger partial charge in [-0.15, -0.1) is 0 Å². The lowest BCUT2D eigenvalue weighted by Gasteiger charge is -2.17. The van der Waals surface area contributed by atoms with Gasteiger partial charge < -0.3 is 10.2 Å². The third-order valence-corrected chi connectivity index (χ3v) is 4.18. The molecular formula is C16H21BrN2O2. The lowest BCUT2D eigenvalue weighted by molar-refractivity contribution is -0.119. The van der Waals surface area contributed by atoms with Crippen LogP contribution in [-0.4, -0.2) is 24.9 Å². The van der Waals surface area contributed by atoms with Gasteiger partial charge in [-0.2, -0.15) is 0 Å². The Kier molecular flexibility index (Phi) is 5.79. The summed E-state index contributed by atoms with van der Waals surface area (Å²) in [6.45, 7) is 3.01. The molecule has 1 N–H and O–H groups in total. The van der Waals surface area contributed by atoms with Crippen molar-refractivity contribution in [3.05, 3.63) is 28.2 Å². The van der Waals surface area contributed by atoms with Crippen molar-refractivity contribution in [2.24, 2.45) is 0 Å². The second-order valence-corrected chi connectivity index (χ2v) is 6.28. The van der Waals surface area contributed by atoms with Crippen LogP contribution in [0.25, 0.3) is 0 Å². The fourth-order valence-corrected chi connectivity index (χ4v) is 2.94. The van der Waals surface area contributed by atoms with E-state index in [1.807, 2.05) is 17.0 Å². The molecule has 0 saturated carbocycles. The number of anilines is 1. The highest BCUT2D eigenvalue weighted by molar-refractivity contribution is 9.10. The minimum absolute atomic E-state index is 0.00493. The molecular weight excluding hydrogens is 332 g/mol. The molecule has 0 unspecified atom stereocenters. The summed E-state index contributed by atoms with van der Waals surface area (Å²) in [6, 6.07) is 6.13. The number of carbonyl (C=O) groups excluding carboxylic acids is 2. The van der Waals surface area contributed by atoms with Gasteiger partial charge in [0.25, 0.3) is 0 Å². The normalized spacial score (nSPS) is 13.1. The van der Waals surface area contributed by atoms with E-state index in [-0.39, 0.29) is 11.8 Å². The van der Waals surface area contributed by atoms with Crippen molar-refractivity contribution >= 4 is 33.4 Å². The van der Waals surface area contributed by atoms with E-state index in [0.29, 0.717) is 13.0 Å². The van der Waals surface area contributed by atoms with Crippen LogP contribution in [0.2, 0.25) is 0 Å². The first kappa shape index (κ1) is 16.0. The van der Waals surface area contributed by atoms with Crippen LogP contribution in [0.15, 0.2) is 22.7 Å². The molecule has 0 bridgehead atoms. The largest absolute Gasteiger partial charge is 0.356 e. The van der Waals surface area contributed by atoms with E-state index in [1.165, 1.54) is 12.5 Å². The Bertz CT molecular complexity index is 531. The van der Waals surface area contributed by atoms with Crippen molar-refractivity contribution < 1.29 is 9.59 Å². The number of benzene rings is 1. The smallest absolute Gasteiger partial charge is 0.226 e. The molecule has 1 aliphatic rings. The maximum atomic E-state index is 12.3. The van der Waals surface area contributed by atoms with Crippen molar-refractivity contribution in [2.75, 3.05) is 18.0 Å². The number of rotatable bonds is 6. The van der Waals surface area contributed by atoms with Crippen LogP contribution in [0.1, 0.15) is 38.2 Å². The molecule has 5 heteroatoms. The van der Waals surface area contributed by atoms with Gasteiger partial charge in [0.05, 0.1) is 0 Å². The maximum Gasteiger partial charge on any atom is 0.226 e. The molecule has 0 radical (unpaired) electrons. The SMILES string of the molecule is CC(=O)NCCCCCC(=O)N1CCc2ccc(Br)cc21. The first-order chi connectivity index (χ1) is 10.1. The molecule has 2 amide bonds. The highest BCUT2D eigenvalue weighted by Crippen LogP contribution is 2.31. The molecule has 2 rings (SSSR count). The standard InChI is InChI=1S/C16H21BrN2O2/c1-12(20)18-9-4-2-3-5-16(21)19-10-8-13-6-7-14(17)11-15(13)19/h6-7,11H,2-5,8-10H2,1H3,(H,18,20). The van der Waals surface area contributed by atoms with E-state index in [2.05, 4.69) is 27.3 Å². The second-order valence-electron chi connectivity index (χ2n) is 5.36. The van der Waals surface area contributed by atoms with E-state index in [9.17, 15) is 9.59 Å². The number of halogens is 1. The number of carbonyl (C=O) groups is 2. The van der Waals surface area contributed by atoms with Crippen molar-refractivity contribution in [3.8, 4) is 0 Å². The van der Waals surface area contributed by atoms with Gasteiger partial charge in [-0.05, 0) is 37.0 Å².